The molecule has 0 unspecified atom stereocenters. The van der Waals surface area contributed by atoms with E-state index in [1.165, 1.54) is 17.2 Å². The number of rotatable bonds is 6. The highest BCUT2D eigenvalue weighted by molar-refractivity contribution is 5.81. The first-order valence-electron chi connectivity index (χ1n) is 9.04. The monoisotopic (exact) mass is 396 g/mol. The molecular formula is C16H26N7O5+. The first-order valence-corrected chi connectivity index (χ1v) is 9.04. The van der Waals surface area contributed by atoms with E-state index in [0.29, 0.717) is 16.2 Å². The molecule has 0 bridgehead atoms. The molecule has 3 rings (SSSR count). The zero-order chi connectivity index (χ0) is 20.6. The van der Waals surface area contributed by atoms with Gasteiger partial charge in [-0.2, -0.15) is 0 Å². The lowest BCUT2D eigenvalue weighted by Crippen LogP contribution is -2.70. The number of hydroxylamine groups is 2. The number of aliphatic hydroxyl groups excluding tert-OH is 2. The smallest absolute Gasteiger partial charge is 0.304 e. The van der Waals surface area contributed by atoms with Crippen molar-refractivity contribution in [1.29, 1.82) is 0 Å². The van der Waals surface area contributed by atoms with Crippen molar-refractivity contribution < 1.29 is 30.7 Å². The van der Waals surface area contributed by atoms with Gasteiger partial charge in [0.05, 0.1) is 12.9 Å². The first-order chi connectivity index (χ1) is 13.3. The number of imidazole rings is 1. The molecule has 1 aliphatic rings. The summed E-state index contributed by atoms with van der Waals surface area (Å²) in [7, 11) is 0. The molecule has 2 aromatic rings. The number of hydrogen-bond acceptors (Lipinski definition) is 9. The molecule has 0 saturated carbocycles. The van der Waals surface area contributed by atoms with Crippen LogP contribution in [0.25, 0.3) is 11.2 Å². The third-order valence-corrected chi connectivity index (χ3v) is 5.25. The molecule has 154 valence electrons. The van der Waals surface area contributed by atoms with Gasteiger partial charge in [0.1, 0.15) is 30.2 Å². The predicted molar refractivity (Wildman–Crippen MR) is 95.3 cm³/mol. The Balaban J connectivity index is 1.75. The Morgan fingerprint density at radius 1 is 1.39 bits per heavy atom. The Bertz CT molecular complexity index is 846. The number of nitrogens with two attached hydrogens (primary N) is 1. The van der Waals surface area contributed by atoms with Crippen LogP contribution in [-0.4, -0.2) is 76.8 Å². The summed E-state index contributed by atoms with van der Waals surface area (Å²) in [5.74, 6) is -0.416. The first kappa shape index (κ1) is 20.4. The fourth-order valence-electron chi connectivity index (χ4n) is 3.15. The molecule has 0 aromatic carbocycles. The van der Waals surface area contributed by atoms with E-state index in [1.807, 2.05) is 13.8 Å². The third kappa shape index (κ3) is 3.52. The highest BCUT2D eigenvalue weighted by Gasteiger charge is 2.46. The average molecular weight is 396 g/mol. The molecule has 1 amide bonds. The van der Waals surface area contributed by atoms with Gasteiger partial charge in [0.25, 0.3) is 0 Å². The van der Waals surface area contributed by atoms with Crippen LogP contribution in [0.3, 0.4) is 0 Å². The Morgan fingerprint density at radius 3 is 2.79 bits per heavy atom. The summed E-state index contributed by atoms with van der Waals surface area (Å²) < 4.78 is 7.14. The number of fused-ring (bicyclic) bond motifs is 1. The van der Waals surface area contributed by atoms with Gasteiger partial charge in [-0.05, 0) is 6.42 Å². The highest BCUT2D eigenvalue weighted by Crippen LogP contribution is 2.32. The number of ether oxygens (including phenoxy) is 1. The van der Waals surface area contributed by atoms with E-state index in [0.717, 1.165) is 6.42 Å². The van der Waals surface area contributed by atoms with Crippen LogP contribution in [0.15, 0.2) is 12.7 Å². The molecule has 6 atom stereocenters. The van der Waals surface area contributed by atoms with Crippen LogP contribution in [0.2, 0.25) is 0 Å². The second-order valence-electron chi connectivity index (χ2n) is 7.04. The molecule has 8 N–H and O–H groups in total. The molecule has 28 heavy (non-hydrogen) atoms. The minimum Gasteiger partial charge on any atom is -0.387 e. The lowest BCUT2D eigenvalue weighted by molar-refractivity contribution is -0.420. The fourth-order valence-corrected chi connectivity index (χ4v) is 3.15. The average Bonchev–Trinajstić information content (AvgIpc) is 3.23. The quantitative estimate of drug-likeness (QED) is 0.269. The second kappa shape index (κ2) is 7.93. The van der Waals surface area contributed by atoms with Crippen molar-refractivity contribution in [3.8, 4) is 0 Å². The standard InChI is InChI=1S/C16H25N7O5/c1-3-7(2)9(17)15(26)23(27)4-8-11(24)12(25)16(28-8)22-6-21-10-13(18)19-5-20-14(10)22/h5-9,11-12,16,24-25,27H,3-4,17H2,1-2H3,(H2,18,19,20)/p+1/t7-,8+,9-,11+,12+,16+/m0/s1. The Hall–Kier alpha value is -2.38. The van der Waals surface area contributed by atoms with Crippen molar-refractivity contribution in [2.45, 2.75) is 50.8 Å². The van der Waals surface area contributed by atoms with Crippen LogP contribution in [0.1, 0.15) is 26.5 Å². The number of nitrogens with zero attached hydrogens (tertiary/aromatic N) is 5. The van der Waals surface area contributed by atoms with Gasteiger partial charge in [0.15, 0.2) is 23.7 Å². The van der Waals surface area contributed by atoms with Crippen LogP contribution >= 0.6 is 0 Å². The molecule has 1 aliphatic heterocycles. The molecule has 0 spiro atoms. The lowest BCUT2D eigenvalue weighted by atomic mass is 9.99. The highest BCUT2D eigenvalue weighted by atomic mass is 16.6. The number of quaternary nitrogens is 1. The summed E-state index contributed by atoms with van der Waals surface area (Å²) >= 11 is 0. The molecule has 12 nitrogen and oxygen atoms in total. The predicted octanol–water partition coefficient (Wildman–Crippen LogP) is -2.10. The van der Waals surface area contributed by atoms with Gasteiger partial charge < -0.3 is 26.4 Å². The largest absolute Gasteiger partial charge is 0.387 e. The maximum absolute atomic E-state index is 12.3. The number of aromatic nitrogens is 4. The van der Waals surface area contributed by atoms with Gasteiger partial charge >= 0.3 is 5.91 Å². The van der Waals surface area contributed by atoms with Gasteiger partial charge in [0.2, 0.25) is 0 Å². The molecule has 0 radical (unpaired) electrons. The van der Waals surface area contributed by atoms with E-state index in [9.17, 15) is 20.2 Å². The molecule has 12 heteroatoms. The Labute approximate surface area is 160 Å². The van der Waals surface area contributed by atoms with Crippen molar-refractivity contribution in [2.24, 2.45) is 5.92 Å². The summed E-state index contributed by atoms with van der Waals surface area (Å²) in [6.45, 7) is 3.47. The van der Waals surface area contributed by atoms with Crippen LogP contribution in [0, 0.1) is 5.92 Å². The van der Waals surface area contributed by atoms with Gasteiger partial charge in [-0.1, -0.05) is 13.8 Å². The summed E-state index contributed by atoms with van der Waals surface area (Å²) in [5.41, 5.74) is 10.2. The summed E-state index contributed by atoms with van der Waals surface area (Å²) in [4.78, 5) is 24.4. The molecule has 1 fully saturated rings. The van der Waals surface area contributed by atoms with Gasteiger partial charge in [0, 0.05) is 5.92 Å². The summed E-state index contributed by atoms with van der Waals surface area (Å²) in [5, 5.41) is 31.4. The molecule has 0 aliphatic carbocycles. The SMILES string of the molecule is CC[C@H](C)[C@H]([NH3+])C(=O)N(O)C[C@H]1O[C@@H](n2cnc3c(N)ncnc32)[C@H](O)[C@@H]1O. The van der Waals surface area contributed by atoms with E-state index in [-0.39, 0.29) is 18.3 Å². The van der Waals surface area contributed by atoms with Crippen LogP contribution in [0.5, 0.6) is 0 Å². The number of carbonyl (C=O) groups is 1. The molecule has 2 aromatic heterocycles. The number of hydrogen-bond donors (Lipinski definition) is 5. The van der Waals surface area contributed by atoms with Crippen LogP contribution in [-0.2, 0) is 9.53 Å². The maximum Gasteiger partial charge on any atom is 0.304 e. The number of carbonyl (C=O) groups excluding carboxylic acids is 1. The number of nitrogen functional groups attached to an aromatic ring is 1. The zero-order valence-electron chi connectivity index (χ0n) is 15.7. The lowest BCUT2D eigenvalue weighted by Gasteiger charge is -2.24. The Kier molecular flexibility index (Phi) is 5.76. The summed E-state index contributed by atoms with van der Waals surface area (Å²) in [6.07, 6.45) is -1.35. The molecule has 3 heterocycles. The van der Waals surface area contributed by atoms with Crippen LogP contribution < -0.4 is 11.5 Å². The van der Waals surface area contributed by atoms with E-state index in [4.69, 9.17) is 10.5 Å². The fraction of sp³-hybridized carbons (Fsp3) is 0.625. The minimum atomic E-state index is -1.34. The molecular weight excluding hydrogens is 370 g/mol. The number of amides is 1. The second-order valence-corrected chi connectivity index (χ2v) is 7.04. The van der Waals surface area contributed by atoms with E-state index in [1.54, 1.807) is 0 Å². The normalized spacial score (nSPS) is 27.1. The van der Waals surface area contributed by atoms with E-state index < -0.39 is 36.5 Å². The van der Waals surface area contributed by atoms with Crippen LogP contribution in [0.4, 0.5) is 5.82 Å². The minimum absolute atomic E-state index is 0.0163. The maximum atomic E-state index is 12.3. The van der Waals surface area contributed by atoms with E-state index >= 15 is 0 Å². The van der Waals surface area contributed by atoms with Crippen molar-refractivity contribution >= 4 is 22.9 Å². The Morgan fingerprint density at radius 2 is 2.11 bits per heavy atom. The topological polar surface area (TPSA) is 187 Å². The molecule has 1 saturated heterocycles. The van der Waals surface area contributed by atoms with Crippen molar-refractivity contribution in [1.82, 2.24) is 24.6 Å². The van der Waals surface area contributed by atoms with Crippen molar-refractivity contribution in [3.63, 3.8) is 0 Å². The zero-order valence-corrected chi connectivity index (χ0v) is 15.7. The summed E-state index contributed by atoms with van der Waals surface area (Å²) in [6, 6.07) is -0.633. The number of aliphatic hydroxyl groups is 2. The van der Waals surface area contributed by atoms with Gasteiger partial charge in [-0.15, -0.1) is 0 Å². The van der Waals surface area contributed by atoms with Gasteiger partial charge in [-0.3, -0.25) is 14.6 Å². The number of anilines is 1. The van der Waals surface area contributed by atoms with Crippen molar-refractivity contribution in [2.75, 3.05) is 12.3 Å². The van der Waals surface area contributed by atoms with Gasteiger partial charge in [-0.25, -0.2) is 20.0 Å². The van der Waals surface area contributed by atoms with Crippen molar-refractivity contribution in [3.05, 3.63) is 12.7 Å². The third-order valence-electron chi connectivity index (χ3n) is 5.25. The van der Waals surface area contributed by atoms with E-state index in [2.05, 4.69) is 20.7 Å².